The zero-order valence-corrected chi connectivity index (χ0v) is 14.3. The predicted octanol–water partition coefficient (Wildman–Crippen LogP) is 3.45. The summed E-state index contributed by atoms with van der Waals surface area (Å²) in [6, 6.07) is 2.11. The molecule has 114 valence electrons. The molecule has 2 aromatic rings. The van der Waals surface area contributed by atoms with Gasteiger partial charge in [-0.25, -0.2) is 9.97 Å². The van der Waals surface area contributed by atoms with Crippen molar-refractivity contribution in [1.82, 2.24) is 14.9 Å². The molecule has 1 unspecified atom stereocenters. The quantitative estimate of drug-likeness (QED) is 0.913. The maximum absolute atomic E-state index is 4.77. The highest BCUT2D eigenvalue weighted by molar-refractivity contribution is 7.99. The molecule has 0 bridgehead atoms. The first-order chi connectivity index (χ1) is 10.3. The SMILES string of the molecule is CCCNc1nc(CN2CCSC(C)C2)nc2sccc12. The Kier molecular flexibility index (Phi) is 4.98. The Morgan fingerprint density at radius 1 is 1.43 bits per heavy atom. The second kappa shape index (κ2) is 6.94. The van der Waals surface area contributed by atoms with Gasteiger partial charge in [0.05, 0.1) is 11.9 Å². The van der Waals surface area contributed by atoms with Gasteiger partial charge in [-0.1, -0.05) is 13.8 Å². The van der Waals surface area contributed by atoms with Crippen LogP contribution >= 0.6 is 23.1 Å². The second-order valence-corrected chi connectivity index (χ2v) is 7.91. The third-order valence-electron chi connectivity index (χ3n) is 3.60. The van der Waals surface area contributed by atoms with Crippen LogP contribution in [0.4, 0.5) is 5.82 Å². The average molecular weight is 323 g/mol. The van der Waals surface area contributed by atoms with Crippen molar-refractivity contribution < 1.29 is 0 Å². The van der Waals surface area contributed by atoms with Crippen LogP contribution in [0.5, 0.6) is 0 Å². The molecule has 1 atom stereocenters. The van der Waals surface area contributed by atoms with Crippen molar-refractivity contribution in [2.75, 3.05) is 30.7 Å². The highest BCUT2D eigenvalue weighted by Gasteiger charge is 2.18. The largest absolute Gasteiger partial charge is 0.369 e. The molecule has 0 aliphatic carbocycles. The van der Waals surface area contributed by atoms with Gasteiger partial charge >= 0.3 is 0 Å². The summed E-state index contributed by atoms with van der Waals surface area (Å²) in [5.41, 5.74) is 0. The topological polar surface area (TPSA) is 41.1 Å². The number of rotatable bonds is 5. The van der Waals surface area contributed by atoms with Crippen LogP contribution in [0.3, 0.4) is 0 Å². The molecular weight excluding hydrogens is 300 g/mol. The predicted molar refractivity (Wildman–Crippen MR) is 93.4 cm³/mol. The number of nitrogens with one attached hydrogen (secondary N) is 1. The van der Waals surface area contributed by atoms with Crippen molar-refractivity contribution in [1.29, 1.82) is 0 Å². The number of anilines is 1. The van der Waals surface area contributed by atoms with Crippen LogP contribution in [-0.4, -0.2) is 45.5 Å². The number of nitrogens with zero attached hydrogens (tertiary/aromatic N) is 3. The normalized spacial score (nSPS) is 20.0. The fourth-order valence-corrected chi connectivity index (χ4v) is 4.45. The van der Waals surface area contributed by atoms with Crippen LogP contribution in [-0.2, 0) is 6.54 Å². The average Bonchev–Trinajstić information content (AvgIpc) is 2.93. The summed E-state index contributed by atoms with van der Waals surface area (Å²) < 4.78 is 0. The molecule has 0 spiro atoms. The molecule has 21 heavy (non-hydrogen) atoms. The lowest BCUT2D eigenvalue weighted by molar-refractivity contribution is 0.272. The van der Waals surface area contributed by atoms with E-state index in [1.807, 2.05) is 0 Å². The summed E-state index contributed by atoms with van der Waals surface area (Å²) in [6.45, 7) is 8.56. The van der Waals surface area contributed by atoms with Crippen LogP contribution in [0, 0.1) is 0 Å². The summed E-state index contributed by atoms with van der Waals surface area (Å²) in [5, 5.41) is 7.40. The van der Waals surface area contributed by atoms with Crippen LogP contribution < -0.4 is 5.32 Å². The number of fused-ring (bicyclic) bond motifs is 1. The van der Waals surface area contributed by atoms with Crippen molar-refractivity contribution in [2.24, 2.45) is 0 Å². The van der Waals surface area contributed by atoms with Crippen molar-refractivity contribution in [3.8, 4) is 0 Å². The van der Waals surface area contributed by atoms with E-state index >= 15 is 0 Å². The Morgan fingerprint density at radius 2 is 2.33 bits per heavy atom. The van der Waals surface area contributed by atoms with E-state index in [-0.39, 0.29) is 0 Å². The van der Waals surface area contributed by atoms with E-state index in [0.717, 1.165) is 54.5 Å². The molecule has 1 fully saturated rings. The van der Waals surface area contributed by atoms with Crippen molar-refractivity contribution in [2.45, 2.75) is 32.1 Å². The van der Waals surface area contributed by atoms with Gasteiger partial charge in [-0.15, -0.1) is 11.3 Å². The fraction of sp³-hybridized carbons (Fsp3) is 0.600. The fourth-order valence-electron chi connectivity index (χ4n) is 2.58. The molecule has 4 nitrogen and oxygen atoms in total. The molecule has 3 rings (SSSR count). The lowest BCUT2D eigenvalue weighted by Gasteiger charge is -2.29. The zero-order chi connectivity index (χ0) is 14.7. The van der Waals surface area contributed by atoms with E-state index in [0.29, 0.717) is 5.25 Å². The molecular formula is C15H22N4S2. The molecule has 0 saturated carbocycles. The van der Waals surface area contributed by atoms with Gasteiger partial charge in [0, 0.05) is 30.6 Å². The molecule has 6 heteroatoms. The van der Waals surface area contributed by atoms with E-state index in [9.17, 15) is 0 Å². The molecule has 1 aliphatic heterocycles. The molecule has 1 saturated heterocycles. The maximum Gasteiger partial charge on any atom is 0.146 e. The molecule has 1 N–H and O–H groups in total. The van der Waals surface area contributed by atoms with Crippen molar-refractivity contribution in [3.63, 3.8) is 0 Å². The summed E-state index contributed by atoms with van der Waals surface area (Å²) in [5.74, 6) is 3.16. The third-order valence-corrected chi connectivity index (χ3v) is 5.55. The Morgan fingerprint density at radius 3 is 3.14 bits per heavy atom. The minimum Gasteiger partial charge on any atom is -0.369 e. The van der Waals surface area contributed by atoms with Gasteiger partial charge in [0.2, 0.25) is 0 Å². The highest BCUT2D eigenvalue weighted by Crippen LogP contribution is 2.26. The number of hydrogen-bond donors (Lipinski definition) is 1. The number of thiophene rings is 1. The van der Waals surface area contributed by atoms with Crippen LogP contribution in [0.2, 0.25) is 0 Å². The maximum atomic E-state index is 4.77. The van der Waals surface area contributed by atoms with Crippen molar-refractivity contribution in [3.05, 3.63) is 17.3 Å². The van der Waals surface area contributed by atoms with Crippen LogP contribution in [0.15, 0.2) is 11.4 Å². The minimum atomic E-state index is 0.710. The lowest BCUT2D eigenvalue weighted by Crippen LogP contribution is -2.36. The van der Waals surface area contributed by atoms with E-state index in [1.54, 1.807) is 11.3 Å². The standard InChI is InChI=1S/C15H22N4S2/c1-3-5-16-14-12-4-7-21-15(12)18-13(17-14)10-19-6-8-20-11(2)9-19/h4,7,11H,3,5-6,8-10H2,1-2H3,(H,16,17,18). The monoisotopic (exact) mass is 322 g/mol. The molecule has 0 amide bonds. The van der Waals surface area contributed by atoms with E-state index in [4.69, 9.17) is 9.97 Å². The summed E-state index contributed by atoms with van der Waals surface area (Å²) >= 11 is 3.76. The first-order valence-electron chi connectivity index (χ1n) is 7.58. The van der Waals surface area contributed by atoms with E-state index in [1.165, 1.54) is 5.75 Å². The Hall–Kier alpha value is -0.850. The van der Waals surface area contributed by atoms with Gasteiger partial charge in [-0.05, 0) is 17.9 Å². The number of hydrogen-bond acceptors (Lipinski definition) is 6. The number of aromatic nitrogens is 2. The van der Waals surface area contributed by atoms with Gasteiger partial charge in [-0.2, -0.15) is 11.8 Å². The highest BCUT2D eigenvalue weighted by atomic mass is 32.2. The summed E-state index contributed by atoms with van der Waals surface area (Å²) in [6.07, 6.45) is 1.10. The molecule has 2 aromatic heterocycles. The Balaban J connectivity index is 1.81. The molecule has 0 radical (unpaired) electrons. The van der Waals surface area contributed by atoms with Gasteiger partial charge in [0.1, 0.15) is 16.5 Å². The summed E-state index contributed by atoms with van der Waals surface area (Å²) in [4.78, 5) is 13.1. The first kappa shape index (κ1) is 15.1. The first-order valence-corrected chi connectivity index (χ1v) is 9.51. The van der Waals surface area contributed by atoms with Gasteiger partial charge in [0.15, 0.2) is 0 Å². The molecule has 3 heterocycles. The smallest absolute Gasteiger partial charge is 0.146 e. The van der Waals surface area contributed by atoms with Gasteiger partial charge < -0.3 is 5.32 Å². The lowest BCUT2D eigenvalue weighted by atomic mass is 10.3. The summed E-state index contributed by atoms with van der Waals surface area (Å²) in [7, 11) is 0. The third kappa shape index (κ3) is 3.67. The van der Waals surface area contributed by atoms with Gasteiger partial charge in [0.25, 0.3) is 0 Å². The van der Waals surface area contributed by atoms with Crippen LogP contribution in [0.1, 0.15) is 26.1 Å². The molecule has 0 aromatic carbocycles. The van der Waals surface area contributed by atoms with Crippen LogP contribution in [0.25, 0.3) is 10.2 Å². The van der Waals surface area contributed by atoms with E-state index in [2.05, 4.69) is 47.3 Å². The Bertz CT molecular complexity index is 598. The minimum absolute atomic E-state index is 0.710. The second-order valence-electron chi connectivity index (χ2n) is 5.47. The van der Waals surface area contributed by atoms with Crippen molar-refractivity contribution >= 4 is 39.1 Å². The Labute approximate surface area is 134 Å². The number of thioether (sulfide) groups is 1. The van der Waals surface area contributed by atoms with Gasteiger partial charge in [-0.3, -0.25) is 4.90 Å². The zero-order valence-electron chi connectivity index (χ0n) is 12.6. The van der Waals surface area contributed by atoms with E-state index < -0.39 is 0 Å². The molecule has 1 aliphatic rings.